The first-order valence-electron chi connectivity index (χ1n) is 5.76. The van der Waals surface area contributed by atoms with E-state index in [4.69, 9.17) is 10.8 Å². The predicted octanol–water partition coefficient (Wildman–Crippen LogP) is -0.0147. The summed E-state index contributed by atoms with van der Waals surface area (Å²) in [6.07, 6.45) is 1.23. The first-order chi connectivity index (χ1) is 8.80. The Kier molecular flexibility index (Phi) is 3.36. The molecule has 2 rings (SSSR count). The number of carboxylic acid groups (broad SMARTS) is 1. The van der Waals surface area contributed by atoms with Crippen molar-refractivity contribution in [3.8, 4) is 0 Å². The molecular weight excluding hydrogens is 270 g/mol. The van der Waals surface area contributed by atoms with Gasteiger partial charge in [0, 0.05) is 18.8 Å². The van der Waals surface area contributed by atoms with Crippen LogP contribution in [0.2, 0.25) is 0 Å². The van der Waals surface area contributed by atoms with E-state index in [1.165, 1.54) is 12.3 Å². The van der Waals surface area contributed by atoms with E-state index in [9.17, 15) is 13.2 Å². The summed E-state index contributed by atoms with van der Waals surface area (Å²) >= 11 is 0. The highest BCUT2D eigenvalue weighted by Crippen LogP contribution is 2.25. The minimum atomic E-state index is -3.01. The Morgan fingerprint density at radius 1 is 1.58 bits per heavy atom. The van der Waals surface area contributed by atoms with Gasteiger partial charge in [0.15, 0.2) is 15.7 Å². The van der Waals surface area contributed by atoms with Crippen molar-refractivity contribution in [1.82, 2.24) is 4.98 Å². The SMILES string of the molecule is CC1CS(=O)(=O)CCN1c1ncc(C(=O)O)cc1N. The zero-order valence-electron chi connectivity index (χ0n) is 10.4. The van der Waals surface area contributed by atoms with Gasteiger partial charge >= 0.3 is 5.97 Å². The molecule has 19 heavy (non-hydrogen) atoms. The molecule has 0 radical (unpaired) electrons. The summed E-state index contributed by atoms with van der Waals surface area (Å²) in [7, 11) is -3.01. The summed E-state index contributed by atoms with van der Waals surface area (Å²) in [4.78, 5) is 16.6. The fraction of sp³-hybridized carbons (Fsp3) is 0.455. The van der Waals surface area contributed by atoms with Crippen molar-refractivity contribution in [3.63, 3.8) is 0 Å². The average Bonchev–Trinajstić information content (AvgIpc) is 2.29. The number of hydrogen-bond donors (Lipinski definition) is 2. The fourth-order valence-electron chi connectivity index (χ4n) is 2.14. The molecule has 0 bridgehead atoms. The van der Waals surface area contributed by atoms with Gasteiger partial charge < -0.3 is 15.7 Å². The zero-order valence-corrected chi connectivity index (χ0v) is 11.2. The Labute approximate surface area is 111 Å². The molecule has 1 aliphatic rings. The van der Waals surface area contributed by atoms with Gasteiger partial charge in [0.25, 0.3) is 0 Å². The van der Waals surface area contributed by atoms with Gasteiger partial charge in [0.1, 0.15) is 0 Å². The molecule has 0 saturated carbocycles. The van der Waals surface area contributed by atoms with Gasteiger partial charge in [-0.15, -0.1) is 0 Å². The minimum absolute atomic E-state index is 0.0125. The van der Waals surface area contributed by atoms with Crippen LogP contribution in [0.1, 0.15) is 17.3 Å². The van der Waals surface area contributed by atoms with Gasteiger partial charge in [-0.05, 0) is 13.0 Å². The van der Waals surface area contributed by atoms with Crippen LogP contribution in [0.15, 0.2) is 12.3 Å². The summed E-state index contributed by atoms with van der Waals surface area (Å²) in [5.41, 5.74) is 6.06. The molecule has 1 unspecified atom stereocenters. The third-order valence-electron chi connectivity index (χ3n) is 3.08. The monoisotopic (exact) mass is 285 g/mol. The number of aromatic carboxylic acids is 1. The number of carbonyl (C=O) groups is 1. The third-order valence-corrected chi connectivity index (χ3v) is 4.88. The molecule has 7 nitrogen and oxygen atoms in total. The Morgan fingerprint density at radius 3 is 2.79 bits per heavy atom. The number of nitrogens with zero attached hydrogens (tertiary/aromatic N) is 2. The number of nitrogens with two attached hydrogens (primary N) is 1. The molecule has 1 aliphatic heterocycles. The highest BCUT2D eigenvalue weighted by atomic mass is 32.2. The van der Waals surface area contributed by atoms with E-state index in [-0.39, 0.29) is 28.8 Å². The normalized spacial score (nSPS) is 22.2. The molecule has 1 aromatic rings. The van der Waals surface area contributed by atoms with Crippen LogP contribution in [0.4, 0.5) is 11.5 Å². The van der Waals surface area contributed by atoms with E-state index < -0.39 is 15.8 Å². The van der Waals surface area contributed by atoms with Crippen molar-refractivity contribution in [2.45, 2.75) is 13.0 Å². The summed E-state index contributed by atoms with van der Waals surface area (Å²) in [5.74, 6) is -0.555. The predicted molar refractivity (Wildman–Crippen MR) is 71.1 cm³/mol. The Bertz CT molecular complexity index is 614. The number of anilines is 2. The lowest BCUT2D eigenvalue weighted by atomic mass is 10.2. The van der Waals surface area contributed by atoms with Crippen LogP contribution in [0, 0.1) is 0 Å². The number of pyridine rings is 1. The maximum absolute atomic E-state index is 11.5. The molecule has 2 heterocycles. The Hall–Kier alpha value is -1.83. The van der Waals surface area contributed by atoms with Crippen LogP contribution in [-0.4, -0.2) is 48.6 Å². The van der Waals surface area contributed by atoms with Crippen LogP contribution < -0.4 is 10.6 Å². The van der Waals surface area contributed by atoms with Gasteiger partial charge in [0.05, 0.1) is 22.8 Å². The highest BCUT2D eigenvalue weighted by Gasteiger charge is 2.30. The molecule has 1 saturated heterocycles. The number of hydrogen-bond acceptors (Lipinski definition) is 6. The maximum Gasteiger partial charge on any atom is 0.337 e. The number of aromatic nitrogens is 1. The largest absolute Gasteiger partial charge is 0.478 e. The third kappa shape index (κ3) is 2.78. The van der Waals surface area contributed by atoms with E-state index >= 15 is 0 Å². The lowest BCUT2D eigenvalue weighted by molar-refractivity contribution is 0.0696. The molecular formula is C11H15N3O4S. The molecule has 1 aromatic heterocycles. The lowest BCUT2D eigenvalue weighted by Crippen LogP contribution is -2.47. The van der Waals surface area contributed by atoms with Gasteiger partial charge in [-0.1, -0.05) is 0 Å². The standard InChI is InChI=1S/C11H15N3O4S/c1-7-6-19(17,18)3-2-14(7)10-9(12)4-8(5-13-10)11(15)16/h4-5,7H,2-3,6,12H2,1H3,(H,15,16). The van der Waals surface area contributed by atoms with Crippen molar-refractivity contribution < 1.29 is 18.3 Å². The second-order valence-corrected chi connectivity index (χ2v) is 6.83. The fourth-order valence-corrected chi connectivity index (χ4v) is 3.70. The molecule has 1 fully saturated rings. The molecule has 1 atom stereocenters. The van der Waals surface area contributed by atoms with Crippen LogP contribution in [-0.2, 0) is 9.84 Å². The number of carboxylic acids is 1. The van der Waals surface area contributed by atoms with Gasteiger partial charge in [-0.3, -0.25) is 0 Å². The molecule has 0 aliphatic carbocycles. The smallest absolute Gasteiger partial charge is 0.337 e. The molecule has 0 amide bonds. The Balaban J connectivity index is 2.30. The van der Waals surface area contributed by atoms with E-state index in [1.54, 1.807) is 11.8 Å². The van der Waals surface area contributed by atoms with Crippen LogP contribution in [0.5, 0.6) is 0 Å². The average molecular weight is 285 g/mol. The van der Waals surface area contributed by atoms with Gasteiger partial charge in [0.2, 0.25) is 0 Å². The minimum Gasteiger partial charge on any atom is -0.478 e. The molecule has 104 valence electrons. The van der Waals surface area contributed by atoms with Crippen LogP contribution >= 0.6 is 0 Å². The van der Waals surface area contributed by atoms with E-state index in [2.05, 4.69) is 4.98 Å². The number of rotatable bonds is 2. The van der Waals surface area contributed by atoms with Gasteiger partial charge in [-0.2, -0.15) is 0 Å². The maximum atomic E-state index is 11.5. The van der Waals surface area contributed by atoms with Crippen molar-refractivity contribution in [2.75, 3.05) is 28.7 Å². The van der Waals surface area contributed by atoms with Crippen molar-refractivity contribution in [1.29, 1.82) is 0 Å². The topological polar surface area (TPSA) is 114 Å². The number of nitrogen functional groups attached to an aromatic ring is 1. The van der Waals surface area contributed by atoms with E-state index in [0.29, 0.717) is 12.4 Å². The van der Waals surface area contributed by atoms with Gasteiger partial charge in [-0.25, -0.2) is 18.2 Å². The second-order valence-electron chi connectivity index (χ2n) is 4.60. The highest BCUT2D eigenvalue weighted by molar-refractivity contribution is 7.91. The Morgan fingerprint density at radius 2 is 2.26 bits per heavy atom. The van der Waals surface area contributed by atoms with E-state index in [1.807, 2.05) is 0 Å². The quantitative estimate of drug-likeness (QED) is 0.785. The van der Waals surface area contributed by atoms with Crippen LogP contribution in [0.3, 0.4) is 0 Å². The zero-order chi connectivity index (χ0) is 14.2. The molecule has 8 heteroatoms. The summed E-state index contributed by atoms with van der Waals surface area (Å²) < 4.78 is 23.0. The second kappa shape index (κ2) is 4.69. The molecule has 0 aromatic carbocycles. The molecule has 0 spiro atoms. The molecule has 3 N–H and O–H groups in total. The van der Waals surface area contributed by atoms with Crippen molar-refractivity contribution in [3.05, 3.63) is 17.8 Å². The summed E-state index contributed by atoms with van der Waals surface area (Å²) in [5, 5.41) is 8.84. The van der Waals surface area contributed by atoms with E-state index in [0.717, 1.165) is 0 Å². The lowest BCUT2D eigenvalue weighted by Gasteiger charge is -2.34. The first kappa shape index (κ1) is 13.6. The van der Waals surface area contributed by atoms with Crippen LogP contribution in [0.25, 0.3) is 0 Å². The summed E-state index contributed by atoms with van der Waals surface area (Å²) in [6, 6.07) is 1.10. The summed E-state index contributed by atoms with van der Waals surface area (Å²) in [6.45, 7) is 2.09. The number of sulfone groups is 1. The van der Waals surface area contributed by atoms with Crippen molar-refractivity contribution in [2.24, 2.45) is 0 Å². The first-order valence-corrected chi connectivity index (χ1v) is 7.58. The van der Waals surface area contributed by atoms with Crippen molar-refractivity contribution >= 4 is 27.3 Å².